The van der Waals surface area contributed by atoms with Gasteiger partial charge >= 0.3 is 0 Å². The first-order chi connectivity index (χ1) is 12.7. The van der Waals surface area contributed by atoms with Crippen LogP contribution in [0.5, 0.6) is 0 Å². The van der Waals surface area contributed by atoms with Crippen LogP contribution >= 0.6 is 0 Å². The second-order valence-corrected chi connectivity index (χ2v) is 6.95. The fourth-order valence-electron chi connectivity index (χ4n) is 4.67. The molecule has 0 saturated heterocycles. The van der Waals surface area contributed by atoms with E-state index in [0.717, 1.165) is 27.8 Å². The maximum absolute atomic E-state index is 13.6. The van der Waals surface area contributed by atoms with Gasteiger partial charge in [0, 0.05) is 0 Å². The van der Waals surface area contributed by atoms with E-state index in [1.54, 1.807) is 6.08 Å². The standard InChI is InChI=1S/C25H18O/c1-17-20-12-6-8-14-22(20)25(24(17)19-10-3-2-4-11-19)21-13-7-5-9-18(21)15-16-23(25)26/h2-16H,1H3. The lowest BCUT2D eigenvalue weighted by molar-refractivity contribution is -0.116. The highest BCUT2D eigenvalue weighted by atomic mass is 16.1. The number of hydrogen-bond donors (Lipinski definition) is 0. The van der Waals surface area contributed by atoms with Crippen molar-refractivity contribution < 1.29 is 4.79 Å². The number of fused-ring (bicyclic) bond motifs is 4. The number of rotatable bonds is 1. The van der Waals surface area contributed by atoms with Crippen LogP contribution in [0.3, 0.4) is 0 Å². The highest BCUT2D eigenvalue weighted by Gasteiger charge is 2.52. The Hall–Kier alpha value is -3.19. The number of allylic oxidation sites excluding steroid dienone is 3. The number of carbonyl (C=O) groups excluding carboxylic acids is 1. The van der Waals surface area contributed by atoms with Crippen molar-refractivity contribution in [2.75, 3.05) is 0 Å². The van der Waals surface area contributed by atoms with Gasteiger partial charge in [-0.1, -0.05) is 84.9 Å². The molecule has 0 amide bonds. The Morgan fingerprint density at radius 2 is 1.35 bits per heavy atom. The molecule has 1 atom stereocenters. The molecule has 26 heavy (non-hydrogen) atoms. The molecule has 0 bridgehead atoms. The summed E-state index contributed by atoms with van der Waals surface area (Å²) < 4.78 is 0. The zero-order valence-electron chi connectivity index (χ0n) is 14.6. The summed E-state index contributed by atoms with van der Waals surface area (Å²) in [7, 11) is 0. The minimum Gasteiger partial charge on any atom is -0.293 e. The zero-order valence-corrected chi connectivity index (χ0v) is 14.6. The highest BCUT2D eigenvalue weighted by molar-refractivity contribution is 6.22. The maximum atomic E-state index is 13.6. The van der Waals surface area contributed by atoms with E-state index in [1.165, 1.54) is 11.1 Å². The fourth-order valence-corrected chi connectivity index (χ4v) is 4.67. The number of carbonyl (C=O) groups is 1. The molecule has 1 heteroatoms. The van der Waals surface area contributed by atoms with Crippen molar-refractivity contribution >= 4 is 23.0 Å². The second kappa shape index (κ2) is 5.40. The third kappa shape index (κ3) is 1.78. The van der Waals surface area contributed by atoms with Crippen LogP contribution in [-0.4, -0.2) is 5.78 Å². The molecule has 0 heterocycles. The van der Waals surface area contributed by atoms with Crippen molar-refractivity contribution in [3.05, 3.63) is 113 Å². The predicted molar refractivity (Wildman–Crippen MR) is 107 cm³/mol. The molecule has 3 aromatic carbocycles. The quantitative estimate of drug-likeness (QED) is 0.573. The Morgan fingerprint density at radius 1 is 0.692 bits per heavy atom. The molecule has 1 unspecified atom stereocenters. The summed E-state index contributed by atoms with van der Waals surface area (Å²) in [5, 5.41) is 0. The third-order valence-corrected chi connectivity index (χ3v) is 5.70. The largest absolute Gasteiger partial charge is 0.293 e. The first-order valence-electron chi connectivity index (χ1n) is 8.93. The molecule has 5 rings (SSSR count). The predicted octanol–water partition coefficient (Wildman–Crippen LogP) is 5.51. The fraction of sp³-hybridized carbons (Fsp3) is 0.0800. The van der Waals surface area contributed by atoms with Gasteiger partial charge in [-0.2, -0.15) is 0 Å². The van der Waals surface area contributed by atoms with Crippen LogP contribution in [0.15, 0.2) is 84.9 Å². The average molecular weight is 334 g/mol. The highest BCUT2D eigenvalue weighted by Crippen LogP contribution is 2.57. The van der Waals surface area contributed by atoms with Crippen LogP contribution < -0.4 is 0 Å². The third-order valence-electron chi connectivity index (χ3n) is 5.70. The van der Waals surface area contributed by atoms with E-state index in [-0.39, 0.29) is 5.78 Å². The van der Waals surface area contributed by atoms with E-state index in [2.05, 4.69) is 49.4 Å². The number of hydrogen-bond acceptors (Lipinski definition) is 1. The van der Waals surface area contributed by atoms with Gasteiger partial charge in [-0.25, -0.2) is 0 Å². The molecular weight excluding hydrogens is 316 g/mol. The maximum Gasteiger partial charge on any atom is 0.175 e. The van der Waals surface area contributed by atoms with E-state index < -0.39 is 5.41 Å². The molecule has 3 aromatic rings. The van der Waals surface area contributed by atoms with Gasteiger partial charge in [-0.15, -0.1) is 0 Å². The minimum atomic E-state index is -0.757. The lowest BCUT2D eigenvalue weighted by Crippen LogP contribution is -2.38. The molecular formula is C25H18O. The van der Waals surface area contributed by atoms with E-state index in [1.807, 2.05) is 42.5 Å². The van der Waals surface area contributed by atoms with E-state index in [0.29, 0.717) is 0 Å². The molecule has 0 fully saturated rings. The Morgan fingerprint density at radius 3 is 2.15 bits per heavy atom. The minimum absolute atomic E-state index is 0.138. The van der Waals surface area contributed by atoms with Gasteiger partial charge < -0.3 is 0 Å². The van der Waals surface area contributed by atoms with Crippen molar-refractivity contribution in [1.82, 2.24) is 0 Å². The summed E-state index contributed by atoms with van der Waals surface area (Å²) in [6, 6.07) is 26.9. The zero-order chi connectivity index (χ0) is 17.7. The summed E-state index contributed by atoms with van der Waals surface area (Å²) in [6.07, 6.45) is 3.70. The Kier molecular flexibility index (Phi) is 3.14. The first-order valence-corrected chi connectivity index (χ1v) is 8.93. The molecule has 0 saturated carbocycles. The van der Waals surface area contributed by atoms with Gasteiger partial charge in [0.1, 0.15) is 5.41 Å². The molecule has 1 spiro atoms. The van der Waals surface area contributed by atoms with Crippen molar-refractivity contribution in [3.63, 3.8) is 0 Å². The van der Waals surface area contributed by atoms with Crippen molar-refractivity contribution in [3.8, 4) is 0 Å². The second-order valence-electron chi connectivity index (χ2n) is 6.95. The Labute approximate surface area is 153 Å². The number of benzene rings is 3. The molecule has 0 aromatic heterocycles. The Balaban J connectivity index is 1.95. The lowest BCUT2D eigenvalue weighted by Gasteiger charge is -2.36. The number of ketones is 1. The van der Waals surface area contributed by atoms with Crippen LogP contribution in [-0.2, 0) is 10.2 Å². The SMILES string of the molecule is CC1=C(c2ccccc2)C2(C(=O)C=Cc3ccccc32)c2ccccc21. The molecule has 2 aliphatic rings. The topological polar surface area (TPSA) is 17.1 Å². The van der Waals surface area contributed by atoms with Crippen LogP contribution in [0.4, 0.5) is 0 Å². The average Bonchev–Trinajstić information content (AvgIpc) is 2.96. The summed E-state index contributed by atoms with van der Waals surface area (Å²) in [4.78, 5) is 13.6. The van der Waals surface area contributed by atoms with Crippen molar-refractivity contribution in [2.45, 2.75) is 12.3 Å². The van der Waals surface area contributed by atoms with Crippen molar-refractivity contribution in [1.29, 1.82) is 0 Å². The van der Waals surface area contributed by atoms with Gasteiger partial charge in [0.25, 0.3) is 0 Å². The van der Waals surface area contributed by atoms with E-state index in [4.69, 9.17) is 0 Å². The summed E-state index contributed by atoms with van der Waals surface area (Å²) in [5.74, 6) is 0.138. The van der Waals surface area contributed by atoms with Gasteiger partial charge in [0.05, 0.1) is 0 Å². The lowest BCUT2D eigenvalue weighted by atomic mass is 9.63. The molecule has 124 valence electrons. The van der Waals surface area contributed by atoms with Crippen LogP contribution in [0.2, 0.25) is 0 Å². The van der Waals surface area contributed by atoms with Crippen LogP contribution in [0.25, 0.3) is 17.2 Å². The van der Waals surface area contributed by atoms with Gasteiger partial charge in [0.2, 0.25) is 0 Å². The van der Waals surface area contributed by atoms with E-state index >= 15 is 0 Å². The summed E-state index contributed by atoms with van der Waals surface area (Å²) in [6.45, 7) is 2.14. The van der Waals surface area contributed by atoms with Crippen LogP contribution in [0.1, 0.15) is 34.7 Å². The molecule has 0 N–H and O–H groups in total. The smallest absolute Gasteiger partial charge is 0.175 e. The van der Waals surface area contributed by atoms with E-state index in [9.17, 15) is 4.79 Å². The summed E-state index contributed by atoms with van der Waals surface area (Å²) >= 11 is 0. The molecule has 2 aliphatic carbocycles. The Bertz CT molecular complexity index is 1100. The van der Waals surface area contributed by atoms with Crippen LogP contribution in [0, 0.1) is 0 Å². The molecule has 0 aliphatic heterocycles. The molecule has 1 nitrogen and oxygen atoms in total. The summed E-state index contributed by atoms with van der Waals surface area (Å²) in [5.41, 5.74) is 7.11. The molecule has 0 radical (unpaired) electrons. The van der Waals surface area contributed by atoms with Gasteiger partial charge in [0.15, 0.2) is 5.78 Å². The first kappa shape index (κ1) is 15.1. The normalized spacial score (nSPS) is 20.4. The van der Waals surface area contributed by atoms with Crippen molar-refractivity contribution in [2.24, 2.45) is 0 Å². The van der Waals surface area contributed by atoms with Gasteiger partial charge in [-0.3, -0.25) is 4.79 Å². The monoisotopic (exact) mass is 334 g/mol. The van der Waals surface area contributed by atoms with Gasteiger partial charge in [-0.05, 0) is 52.0 Å².